The highest BCUT2D eigenvalue weighted by Gasteiger charge is 2.21. The van der Waals surface area contributed by atoms with Crippen molar-refractivity contribution in [1.29, 1.82) is 0 Å². The first-order valence-corrected chi connectivity index (χ1v) is 14.8. The van der Waals surface area contributed by atoms with Crippen molar-refractivity contribution < 1.29 is 0 Å². The van der Waals surface area contributed by atoms with Crippen LogP contribution in [0.3, 0.4) is 0 Å². The molecule has 0 bridgehead atoms. The number of nitrogens with zero attached hydrogens (tertiary/aromatic N) is 2. The average molecular weight is 539 g/mol. The van der Waals surface area contributed by atoms with Gasteiger partial charge in [0.2, 0.25) is 0 Å². The molecule has 1 unspecified atom stereocenters. The summed E-state index contributed by atoms with van der Waals surface area (Å²) in [4.78, 5) is 4.94. The maximum Gasteiger partial charge on any atom is 0.0397 e. The molecule has 1 atom stereocenters. The quantitative estimate of drug-likeness (QED) is 0.276. The first-order chi connectivity index (χ1) is 19.3. The normalized spacial score (nSPS) is 12.8. The number of hydrogen-bond acceptors (Lipinski definition) is 2. The van der Waals surface area contributed by atoms with Crippen LogP contribution in [0, 0.1) is 12.8 Å². The van der Waals surface area contributed by atoms with E-state index >= 15 is 0 Å². The molecule has 3 aromatic carbocycles. The van der Waals surface area contributed by atoms with Gasteiger partial charge in [0, 0.05) is 37.6 Å². The van der Waals surface area contributed by atoms with Crippen molar-refractivity contribution in [2.45, 2.75) is 60.8 Å². The molecule has 0 aromatic heterocycles. The number of anilines is 1. The van der Waals surface area contributed by atoms with Gasteiger partial charge in [-0.15, -0.1) is 19.7 Å². The number of para-hydroxylation sites is 1. The second-order valence-corrected chi connectivity index (χ2v) is 10.4. The average Bonchev–Trinajstić information content (AvgIpc) is 2.99. The minimum absolute atomic E-state index is 0.493. The molecule has 0 saturated carbocycles. The highest BCUT2D eigenvalue weighted by molar-refractivity contribution is 5.63. The van der Waals surface area contributed by atoms with Crippen LogP contribution in [0.2, 0.25) is 0 Å². The molecule has 3 aromatic rings. The molecule has 0 N–H and O–H groups in total. The number of benzene rings is 3. The highest BCUT2D eigenvalue weighted by atomic mass is 15.3. The van der Waals surface area contributed by atoms with Gasteiger partial charge >= 0.3 is 0 Å². The molecule has 1 fully saturated rings. The van der Waals surface area contributed by atoms with Gasteiger partial charge in [-0.25, -0.2) is 0 Å². The van der Waals surface area contributed by atoms with E-state index in [0.29, 0.717) is 5.92 Å². The van der Waals surface area contributed by atoms with E-state index in [1.807, 2.05) is 6.07 Å². The smallest absolute Gasteiger partial charge is 0.0397 e. The third kappa shape index (κ3) is 11.7. The van der Waals surface area contributed by atoms with E-state index in [-0.39, 0.29) is 0 Å². The Morgan fingerprint density at radius 2 is 1.25 bits per heavy atom. The molecule has 216 valence electrons. The standard InChI is InChI=1S/C19H28N2.C14H14.C3H8.C2H4/c1-15(2)14-17(4)18(5)20-10-12-21(13-11-20)19-9-7-6-8-16(19)3;1-2-12-8-10-14(11-9-12)13-6-4-3-5-7-13;1-3-2;1-2/h6-9,17H,1,5,10-14H2,2-4H3;3-11H,2H2,1H3;3H2,1-2H3;1-2H2. The molecule has 1 aliphatic heterocycles. The fourth-order valence-electron chi connectivity index (χ4n) is 4.67. The summed E-state index contributed by atoms with van der Waals surface area (Å²) in [5.74, 6) is 0.493. The van der Waals surface area contributed by atoms with Crippen LogP contribution in [0.15, 0.2) is 116 Å². The van der Waals surface area contributed by atoms with Crippen molar-refractivity contribution in [3.05, 3.63) is 128 Å². The Balaban J connectivity index is 0.000000363. The minimum atomic E-state index is 0.493. The molecule has 2 heteroatoms. The zero-order valence-corrected chi connectivity index (χ0v) is 26.3. The van der Waals surface area contributed by atoms with E-state index in [2.05, 4.69) is 150 Å². The lowest BCUT2D eigenvalue weighted by Gasteiger charge is -2.40. The summed E-state index contributed by atoms with van der Waals surface area (Å²) in [7, 11) is 0. The summed E-state index contributed by atoms with van der Waals surface area (Å²) in [5.41, 5.74) is 9.21. The predicted octanol–water partition coefficient (Wildman–Crippen LogP) is 10.4. The van der Waals surface area contributed by atoms with Gasteiger partial charge in [-0.1, -0.05) is 119 Å². The maximum atomic E-state index is 4.31. The van der Waals surface area contributed by atoms with Gasteiger partial charge in [0.25, 0.3) is 0 Å². The molecule has 0 amide bonds. The first kappa shape index (κ1) is 34.5. The van der Waals surface area contributed by atoms with E-state index < -0.39 is 0 Å². The Bertz CT molecular complexity index is 1110. The van der Waals surface area contributed by atoms with Gasteiger partial charge in [-0.05, 0) is 60.9 Å². The largest absolute Gasteiger partial charge is 0.372 e. The van der Waals surface area contributed by atoms with Crippen molar-refractivity contribution >= 4 is 5.69 Å². The van der Waals surface area contributed by atoms with E-state index in [4.69, 9.17) is 0 Å². The highest BCUT2D eigenvalue weighted by Crippen LogP contribution is 2.25. The molecule has 0 radical (unpaired) electrons. The summed E-state index contributed by atoms with van der Waals surface area (Å²) < 4.78 is 0. The van der Waals surface area contributed by atoms with Crippen LogP contribution in [0.5, 0.6) is 0 Å². The Morgan fingerprint density at radius 3 is 1.75 bits per heavy atom. The Hall–Kier alpha value is -3.52. The van der Waals surface area contributed by atoms with Crippen molar-refractivity contribution in [2.75, 3.05) is 31.1 Å². The zero-order chi connectivity index (χ0) is 29.9. The van der Waals surface area contributed by atoms with Crippen LogP contribution in [-0.4, -0.2) is 31.1 Å². The van der Waals surface area contributed by atoms with E-state index in [1.165, 1.54) is 45.6 Å². The van der Waals surface area contributed by atoms with Gasteiger partial charge in [0.05, 0.1) is 0 Å². The van der Waals surface area contributed by atoms with E-state index in [1.54, 1.807) is 0 Å². The predicted molar refractivity (Wildman–Crippen MR) is 181 cm³/mol. The molecular weight excluding hydrogens is 484 g/mol. The monoisotopic (exact) mass is 538 g/mol. The van der Waals surface area contributed by atoms with Gasteiger partial charge in [0.1, 0.15) is 0 Å². The molecule has 1 heterocycles. The molecule has 0 aliphatic carbocycles. The zero-order valence-electron chi connectivity index (χ0n) is 26.3. The maximum absolute atomic E-state index is 4.31. The number of rotatable bonds is 7. The van der Waals surface area contributed by atoms with Gasteiger partial charge in [0.15, 0.2) is 0 Å². The fraction of sp³-hybridized carbons (Fsp3) is 0.368. The van der Waals surface area contributed by atoms with Gasteiger partial charge < -0.3 is 9.80 Å². The van der Waals surface area contributed by atoms with Crippen molar-refractivity contribution in [3.8, 4) is 11.1 Å². The van der Waals surface area contributed by atoms with Gasteiger partial charge in [-0.3, -0.25) is 0 Å². The van der Waals surface area contributed by atoms with Crippen LogP contribution in [-0.2, 0) is 6.42 Å². The van der Waals surface area contributed by atoms with Crippen molar-refractivity contribution in [1.82, 2.24) is 4.90 Å². The summed E-state index contributed by atoms with van der Waals surface area (Å²) in [5, 5.41) is 0. The number of hydrogen-bond donors (Lipinski definition) is 0. The summed E-state index contributed by atoms with van der Waals surface area (Å²) in [6.07, 6.45) is 3.39. The van der Waals surface area contributed by atoms with Crippen LogP contribution < -0.4 is 4.90 Å². The van der Waals surface area contributed by atoms with Crippen LogP contribution in [0.1, 0.15) is 58.6 Å². The minimum Gasteiger partial charge on any atom is -0.372 e. The Kier molecular flexibility index (Phi) is 16.8. The third-order valence-electron chi connectivity index (χ3n) is 6.83. The molecule has 4 rings (SSSR count). The second kappa shape index (κ2) is 19.5. The number of aryl methyl sites for hydroxylation is 2. The fourth-order valence-corrected chi connectivity index (χ4v) is 4.67. The SMILES string of the molecule is C=C.C=C(C)CC(C)C(=C)N1CCN(c2ccccc2C)CC1.CCC.CCc1ccc(-c2ccccc2)cc1. The molecule has 0 spiro atoms. The Morgan fingerprint density at radius 1 is 0.750 bits per heavy atom. The van der Waals surface area contributed by atoms with Crippen LogP contribution >= 0.6 is 0 Å². The van der Waals surface area contributed by atoms with E-state index in [9.17, 15) is 0 Å². The lowest BCUT2D eigenvalue weighted by atomic mass is 9.99. The topological polar surface area (TPSA) is 6.48 Å². The number of piperazine rings is 1. The Labute approximate surface area is 246 Å². The molecular formula is C38H54N2. The summed E-state index contributed by atoms with van der Waals surface area (Å²) in [6, 6.07) is 27.9. The van der Waals surface area contributed by atoms with Gasteiger partial charge in [-0.2, -0.15) is 0 Å². The lowest BCUT2D eigenvalue weighted by molar-refractivity contribution is 0.290. The van der Waals surface area contributed by atoms with Crippen LogP contribution in [0.25, 0.3) is 11.1 Å². The lowest BCUT2D eigenvalue weighted by Crippen LogP contribution is -2.46. The molecule has 2 nitrogen and oxygen atoms in total. The summed E-state index contributed by atoms with van der Waals surface area (Å²) >= 11 is 0. The van der Waals surface area contributed by atoms with Crippen molar-refractivity contribution in [3.63, 3.8) is 0 Å². The molecule has 40 heavy (non-hydrogen) atoms. The van der Waals surface area contributed by atoms with Crippen molar-refractivity contribution in [2.24, 2.45) is 5.92 Å². The van der Waals surface area contributed by atoms with Crippen LogP contribution in [0.4, 0.5) is 5.69 Å². The van der Waals surface area contributed by atoms with E-state index in [0.717, 1.165) is 39.0 Å². The second-order valence-electron chi connectivity index (χ2n) is 10.4. The number of allylic oxidation sites excluding steroid dienone is 2. The molecule has 1 aliphatic rings. The summed E-state index contributed by atoms with van der Waals surface area (Å²) in [6.45, 7) is 31.6. The third-order valence-corrected chi connectivity index (χ3v) is 6.83. The molecule has 1 saturated heterocycles. The first-order valence-electron chi connectivity index (χ1n) is 14.8.